The van der Waals surface area contributed by atoms with Crippen molar-refractivity contribution in [3.63, 3.8) is 0 Å². The van der Waals surface area contributed by atoms with Gasteiger partial charge in [-0.1, -0.05) is 41.1 Å². The Hall–Kier alpha value is -2.50. The highest BCUT2D eigenvalue weighted by Crippen LogP contribution is 2.23. The summed E-state index contributed by atoms with van der Waals surface area (Å²) < 4.78 is 40.2. The van der Waals surface area contributed by atoms with Gasteiger partial charge in [0.15, 0.2) is 0 Å². The van der Waals surface area contributed by atoms with E-state index in [1.165, 1.54) is 18.2 Å². The molecule has 0 N–H and O–H groups in total. The van der Waals surface area contributed by atoms with Crippen molar-refractivity contribution in [3.8, 4) is 5.75 Å². The van der Waals surface area contributed by atoms with Gasteiger partial charge in [0.05, 0.1) is 0 Å². The summed E-state index contributed by atoms with van der Waals surface area (Å²) in [5.41, 5.74) is 2.34. The molecule has 0 unspecified atom stereocenters. The van der Waals surface area contributed by atoms with Crippen LogP contribution in [0.5, 0.6) is 5.75 Å². The van der Waals surface area contributed by atoms with Crippen molar-refractivity contribution in [2.45, 2.75) is 19.9 Å². The number of alkyl halides is 3. The minimum absolute atomic E-state index is 0.0217. The summed E-state index contributed by atoms with van der Waals surface area (Å²) in [4.78, 5) is 5.03. The monoisotopic (exact) mass is 308 g/mol. The van der Waals surface area contributed by atoms with Crippen molar-refractivity contribution < 1.29 is 22.7 Å². The smallest absolute Gasteiger partial charge is 0.406 e. The highest BCUT2D eigenvalue weighted by molar-refractivity contribution is 5.79. The number of aryl methyl sites for hydroxylation is 1. The van der Waals surface area contributed by atoms with Gasteiger partial charge in [0.2, 0.25) is 0 Å². The number of nitrogens with zero attached hydrogens (tertiary/aromatic N) is 1. The van der Waals surface area contributed by atoms with E-state index in [4.69, 9.17) is 4.84 Å². The molecule has 0 amide bonds. The first kappa shape index (κ1) is 15.9. The molecule has 0 bridgehead atoms. The van der Waals surface area contributed by atoms with Gasteiger partial charge < -0.3 is 9.57 Å². The molecule has 0 aliphatic heterocycles. The van der Waals surface area contributed by atoms with E-state index in [2.05, 4.69) is 16.1 Å². The molecule has 0 fully saturated rings. The number of hydrogen-bond acceptors (Lipinski definition) is 3. The Bertz CT molecular complexity index is 654. The molecule has 0 saturated heterocycles. The lowest BCUT2D eigenvalue weighted by atomic mass is 10.2. The molecule has 0 heterocycles. The number of rotatable bonds is 5. The lowest BCUT2D eigenvalue weighted by Gasteiger charge is -2.09. The Morgan fingerprint density at radius 1 is 1.09 bits per heavy atom. The summed E-state index contributed by atoms with van der Waals surface area (Å²) >= 11 is 0. The molecule has 2 rings (SSSR count). The minimum atomic E-state index is -4.71. The van der Waals surface area contributed by atoms with E-state index in [-0.39, 0.29) is 12.4 Å². The topological polar surface area (TPSA) is 30.8 Å². The average Bonchev–Trinajstić information content (AvgIpc) is 2.42. The SMILES string of the molecule is Cc1cccc(/[C]=N\OCc2cccc(OC(F)(F)F)c2)c1. The van der Waals surface area contributed by atoms with Crippen molar-refractivity contribution in [1.29, 1.82) is 0 Å². The zero-order valence-electron chi connectivity index (χ0n) is 11.7. The van der Waals surface area contributed by atoms with Crippen LogP contribution >= 0.6 is 0 Å². The molecule has 2 aromatic rings. The van der Waals surface area contributed by atoms with E-state index in [1.54, 1.807) is 6.07 Å². The van der Waals surface area contributed by atoms with Gasteiger partial charge in [0.25, 0.3) is 0 Å². The van der Waals surface area contributed by atoms with Crippen molar-refractivity contribution in [2.75, 3.05) is 0 Å². The van der Waals surface area contributed by atoms with Crippen LogP contribution in [0.25, 0.3) is 0 Å². The van der Waals surface area contributed by atoms with Gasteiger partial charge in [-0.2, -0.15) is 0 Å². The second-order valence-corrected chi connectivity index (χ2v) is 4.54. The lowest BCUT2D eigenvalue weighted by molar-refractivity contribution is -0.274. The molecule has 0 aromatic heterocycles. The van der Waals surface area contributed by atoms with Gasteiger partial charge in [0, 0.05) is 5.56 Å². The molecule has 115 valence electrons. The van der Waals surface area contributed by atoms with Gasteiger partial charge in [-0.05, 0) is 30.7 Å². The Balaban J connectivity index is 1.90. The Morgan fingerprint density at radius 2 is 1.86 bits per heavy atom. The molecule has 3 nitrogen and oxygen atoms in total. The van der Waals surface area contributed by atoms with E-state index in [9.17, 15) is 13.2 Å². The second-order valence-electron chi connectivity index (χ2n) is 4.54. The third-order valence-electron chi connectivity index (χ3n) is 2.62. The van der Waals surface area contributed by atoms with E-state index < -0.39 is 6.36 Å². The van der Waals surface area contributed by atoms with Crippen LogP contribution in [0.15, 0.2) is 53.7 Å². The van der Waals surface area contributed by atoms with Crippen LogP contribution < -0.4 is 4.74 Å². The first-order chi connectivity index (χ1) is 10.4. The van der Waals surface area contributed by atoms with Crippen molar-refractivity contribution in [2.24, 2.45) is 5.16 Å². The third-order valence-corrected chi connectivity index (χ3v) is 2.62. The fourth-order valence-electron chi connectivity index (χ4n) is 1.74. The molecule has 0 aliphatic carbocycles. The second kappa shape index (κ2) is 6.98. The predicted octanol–water partition coefficient (Wildman–Crippen LogP) is 4.32. The lowest BCUT2D eigenvalue weighted by Crippen LogP contribution is -2.17. The summed E-state index contributed by atoms with van der Waals surface area (Å²) in [6.45, 7) is 1.96. The first-order valence-corrected chi connectivity index (χ1v) is 6.42. The maximum absolute atomic E-state index is 12.1. The molecule has 0 atom stereocenters. The molecule has 0 saturated carbocycles. The van der Waals surface area contributed by atoms with Crippen LogP contribution in [0.3, 0.4) is 0 Å². The average molecular weight is 308 g/mol. The Morgan fingerprint density at radius 3 is 2.59 bits per heavy atom. The highest BCUT2D eigenvalue weighted by atomic mass is 19.4. The van der Waals surface area contributed by atoms with Crippen LogP contribution in [0.4, 0.5) is 13.2 Å². The van der Waals surface area contributed by atoms with Crippen molar-refractivity contribution >= 4 is 6.21 Å². The maximum atomic E-state index is 12.1. The van der Waals surface area contributed by atoms with Crippen LogP contribution in [-0.2, 0) is 11.4 Å². The predicted molar refractivity (Wildman–Crippen MR) is 75.6 cm³/mol. The number of hydrogen-bond donors (Lipinski definition) is 0. The van der Waals surface area contributed by atoms with Gasteiger partial charge in [-0.3, -0.25) is 0 Å². The quantitative estimate of drug-likeness (QED) is 0.608. The van der Waals surface area contributed by atoms with E-state index >= 15 is 0 Å². The van der Waals surface area contributed by atoms with E-state index in [0.29, 0.717) is 5.56 Å². The summed E-state index contributed by atoms with van der Waals surface area (Å²) in [7, 11) is 0. The summed E-state index contributed by atoms with van der Waals surface area (Å²) in [6, 6.07) is 13.0. The summed E-state index contributed by atoms with van der Waals surface area (Å²) in [6.07, 6.45) is -2.01. The van der Waals surface area contributed by atoms with Crippen LogP contribution in [0.1, 0.15) is 16.7 Å². The van der Waals surface area contributed by atoms with Crippen LogP contribution in [-0.4, -0.2) is 12.6 Å². The van der Waals surface area contributed by atoms with Crippen LogP contribution in [0.2, 0.25) is 0 Å². The molecular formula is C16H13F3NO2. The van der Waals surface area contributed by atoms with Crippen LogP contribution in [0, 0.1) is 6.92 Å². The zero-order valence-corrected chi connectivity index (χ0v) is 11.7. The fraction of sp³-hybridized carbons (Fsp3) is 0.188. The molecule has 6 heteroatoms. The molecule has 22 heavy (non-hydrogen) atoms. The molecule has 0 aliphatic rings. The maximum Gasteiger partial charge on any atom is 0.573 e. The number of benzene rings is 2. The van der Waals surface area contributed by atoms with Gasteiger partial charge in [-0.25, -0.2) is 0 Å². The molecule has 0 spiro atoms. The van der Waals surface area contributed by atoms with Crippen molar-refractivity contribution in [3.05, 3.63) is 65.2 Å². The minimum Gasteiger partial charge on any atom is -0.406 e. The largest absolute Gasteiger partial charge is 0.573 e. The van der Waals surface area contributed by atoms with Gasteiger partial charge >= 0.3 is 6.36 Å². The summed E-state index contributed by atoms with van der Waals surface area (Å²) in [5.74, 6) is -0.291. The fourth-order valence-corrected chi connectivity index (χ4v) is 1.74. The third kappa shape index (κ3) is 5.47. The normalized spacial score (nSPS) is 11.6. The molecule has 1 radical (unpaired) electrons. The van der Waals surface area contributed by atoms with Gasteiger partial charge in [0.1, 0.15) is 18.6 Å². The Kier molecular flexibility index (Phi) is 5.04. The summed E-state index contributed by atoms with van der Waals surface area (Å²) in [5, 5.41) is 3.67. The van der Waals surface area contributed by atoms with E-state index in [1.807, 2.05) is 31.2 Å². The van der Waals surface area contributed by atoms with E-state index in [0.717, 1.165) is 11.1 Å². The standard InChI is InChI=1S/C16H13F3NO2/c1-12-4-2-5-13(8-12)10-20-21-11-14-6-3-7-15(9-14)22-16(17,18)19/h2-9H,11H2,1H3. The molecule has 2 aromatic carbocycles. The first-order valence-electron chi connectivity index (χ1n) is 6.42. The molecular weight excluding hydrogens is 295 g/mol. The highest BCUT2D eigenvalue weighted by Gasteiger charge is 2.31. The van der Waals surface area contributed by atoms with Gasteiger partial charge in [-0.15, -0.1) is 13.2 Å². The zero-order chi connectivity index (χ0) is 16.0. The van der Waals surface area contributed by atoms with Crippen molar-refractivity contribution in [1.82, 2.24) is 0 Å². The Labute approximate surface area is 126 Å². The number of halogens is 3. The number of ether oxygens (including phenoxy) is 1.